The van der Waals surface area contributed by atoms with Gasteiger partial charge in [0.05, 0.1) is 23.6 Å². The van der Waals surface area contributed by atoms with Crippen molar-refractivity contribution in [2.75, 3.05) is 0 Å². The second-order valence-electron chi connectivity index (χ2n) is 4.05. The zero-order chi connectivity index (χ0) is 13.1. The highest BCUT2D eigenvalue weighted by atomic mass is 15.0. The number of nitriles is 1. The molecule has 3 rings (SSSR count). The highest BCUT2D eigenvalue weighted by Crippen LogP contribution is 2.27. The van der Waals surface area contributed by atoms with Crippen molar-refractivity contribution < 1.29 is 0 Å². The van der Waals surface area contributed by atoms with Gasteiger partial charge in [0.15, 0.2) is 0 Å². The molecule has 0 N–H and O–H groups in total. The average molecular weight is 246 g/mol. The van der Waals surface area contributed by atoms with E-state index in [2.05, 4.69) is 16.0 Å². The van der Waals surface area contributed by atoms with Crippen molar-refractivity contribution in [2.45, 2.75) is 0 Å². The third-order valence-electron chi connectivity index (χ3n) is 2.90. The van der Waals surface area contributed by atoms with E-state index < -0.39 is 0 Å². The molecule has 90 valence electrons. The molecule has 2 heterocycles. The highest BCUT2D eigenvalue weighted by Gasteiger charge is 2.08. The van der Waals surface area contributed by atoms with Crippen LogP contribution in [0.5, 0.6) is 0 Å². The number of imidazole rings is 1. The minimum Gasteiger partial charge on any atom is -0.306 e. The van der Waals surface area contributed by atoms with Gasteiger partial charge in [-0.05, 0) is 35.9 Å². The number of hydrogen-bond donors (Lipinski definition) is 0. The van der Waals surface area contributed by atoms with Crippen LogP contribution in [0, 0.1) is 11.3 Å². The smallest absolute Gasteiger partial charge is 0.0991 e. The summed E-state index contributed by atoms with van der Waals surface area (Å²) in [4.78, 5) is 8.08. The fourth-order valence-corrected chi connectivity index (χ4v) is 2.00. The van der Waals surface area contributed by atoms with Gasteiger partial charge in [-0.3, -0.25) is 4.98 Å². The Morgan fingerprint density at radius 2 is 1.84 bits per heavy atom. The third-order valence-corrected chi connectivity index (χ3v) is 2.90. The summed E-state index contributed by atoms with van der Waals surface area (Å²) in [5, 5.41) is 9.05. The van der Waals surface area contributed by atoms with E-state index in [9.17, 15) is 0 Å². The summed E-state index contributed by atoms with van der Waals surface area (Å²) in [6.07, 6.45) is 8.84. The SMILES string of the molecule is N#Cc1ccc(-n2ccnc2)c(-c2ccncc2)c1. The predicted octanol–water partition coefficient (Wildman–Crippen LogP) is 2.81. The number of rotatable bonds is 2. The summed E-state index contributed by atoms with van der Waals surface area (Å²) in [6, 6.07) is 11.6. The van der Waals surface area contributed by atoms with E-state index in [-0.39, 0.29) is 0 Å². The molecule has 0 bridgehead atoms. The average Bonchev–Trinajstić information content (AvgIpc) is 3.01. The first-order chi connectivity index (χ1) is 9.38. The lowest BCUT2D eigenvalue weighted by Crippen LogP contribution is -1.95. The maximum absolute atomic E-state index is 9.05. The molecule has 0 amide bonds. The molecule has 2 aromatic heterocycles. The summed E-state index contributed by atoms with van der Waals surface area (Å²) < 4.78 is 1.93. The lowest BCUT2D eigenvalue weighted by atomic mass is 10.0. The van der Waals surface area contributed by atoms with E-state index in [1.807, 2.05) is 35.0 Å². The van der Waals surface area contributed by atoms with Crippen LogP contribution in [-0.2, 0) is 0 Å². The second-order valence-corrected chi connectivity index (χ2v) is 4.05. The zero-order valence-corrected chi connectivity index (χ0v) is 10.1. The molecule has 0 radical (unpaired) electrons. The number of hydrogen-bond acceptors (Lipinski definition) is 3. The molecular weight excluding hydrogens is 236 g/mol. The molecule has 4 heteroatoms. The van der Waals surface area contributed by atoms with Crippen molar-refractivity contribution in [1.82, 2.24) is 14.5 Å². The first-order valence-electron chi connectivity index (χ1n) is 5.81. The molecule has 0 atom stereocenters. The minimum absolute atomic E-state index is 0.635. The molecule has 1 aromatic carbocycles. The Bertz CT molecular complexity index is 725. The first kappa shape index (κ1) is 11.2. The van der Waals surface area contributed by atoms with Crippen molar-refractivity contribution >= 4 is 0 Å². The van der Waals surface area contributed by atoms with Crippen molar-refractivity contribution in [2.24, 2.45) is 0 Å². The van der Waals surface area contributed by atoms with Crippen LogP contribution in [0.15, 0.2) is 61.4 Å². The second kappa shape index (κ2) is 4.75. The number of aromatic nitrogens is 3. The van der Waals surface area contributed by atoms with Gasteiger partial charge in [0.1, 0.15) is 0 Å². The van der Waals surface area contributed by atoms with Crippen molar-refractivity contribution in [3.05, 3.63) is 67.0 Å². The highest BCUT2D eigenvalue weighted by molar-refractivity contribution is 5.74. The summed E-state index contributed by atoms with van der Waals surface area (Å²) in [5.74, 6) is 0. The van der Waals surface area contributed by atoms with Crippen LogP contribution in [0.3, 0.4) is 0 Å². The summed E-state index contributed by atoms with van der Waals surface area (Å²) in [7, 11) is 0. The van der Waals surface area contributed by atoms with Gasteiger partial charge in [0.2, 0.25) is 0 Å². The molecule has 4 nitrogen and oxygen atoms in total. The van der Waals surface area contributed by atoms with E-state index in [0.717, 1.165) is 16.8 Å². The first-order valence-corrected chi connectivity index (χ1v) is 5.81. The fourth-order valence-electron chi connectivity index (χ4n) is 2.00. The Hall–Kier alpha value is -2.93. The Morgan fingerprint density at radius 3 is 2.53 bits per heavy atom. The molecule has 0 aliphatic carbocycles. The third kappa shape index (κ3) is 2.09. The predicted molar refractivity (Wildman–Crippen MR) is 71.5 cm³/mol. The molecule has 0 unspecified atom stereocenters. The van der Waals surface area contributed by atoms with Crippen LogP contribution in [0.25, 0.3) is 16.8 Å². The van der Waals surface area contributed by atoms with Crippen LogP contribution in [0.2, 0.25) is 0 Å². The van der Waals surface area contributed by atoms with Crippen molar-refractivity contribution in [1.29, 1.82) is 5.26 Å². The van der Waals surface area contributed by atoms with E-state index >= 15 is 0 Å². The summed E-state index contributed by atoms with van der Waals surface area (Å²) in [5.41, 5.74) is 3.63. The Labute approximate surface area is 110 Å². The minimum atomic E-state index is 0.635. The van der Waals surface area contributed by atoms with Gasteiger partial charge in [0, 0.05) is 30.4 Å². The van der Waals surface area contributed by atoms with Gasteiger partial charge >= 0.3 is 0 Å². The van der Waals surface area contributed by atoms with E-state index in [0.29, 0.717) is 5.56 Å². The lowest BCUT2D eigenvalue weighted by Gasteiger charge is -2.10. The Morgan fingerprint density at radius 1 is 1.00 bits per heavy atom. The molecular formula is C15H10N4. The molecule has 0 saturated heterocycles. The number of nitrogens with zero attached hydrogens (tertiary/aromatic N) is 4. The quantitative estimate of drug-likeness (QED) is 0.698. The van der Waals surface area contributed by atoms with Crippen LogP contribution >= 0.6 is 0 Å². The van der Waals surface area contributed by atoms with Crippen LogP contribution in [-0.4, -0.2) is 14.5 Å². The fraction of sp³-hybridized carbons (Fsp3) is 0. The topological polar surface area (TPSA) is 54.5 Å². The van der Waals surface area contributed by atoms with E-state index in [1.165, 1.54) is 0 Å². The lowest BCUT2D eigenvalue weighted by molar-refractivity contribution is 1.06. The molecule has 0 fully saturated rings. The van der Waals surface area contributed by atoms with Gasteiger partial charge in [-0.15, -0.1) is 0 Å². The van der Waals surface area contributed by atoms with Gasteiger partial charge in [-0.1, -0.05) is 0 Å². The Kier molecular flexibility index (Phi) is 2.79. The molecule has 0 aliphatic rings. The number of benzene rings is 1. The van der Waals surface area contributed by atoms with Gasteiger partial charge in [0.25, 0.3) is 0 Å². The maximum Gasteiger partial charge on any atom is 0.0991 e. The van der Waals surface area contributed by atoms with Crippen LogP contribution < -0.4 is 0 Å². The van der Waals surface area contributed by atoms with E-state index in [1.54, 1.807) is 31.0 Å². The molecule has 3 aromatic rings. The maximum atomic E-state index is 9.05. The van der Waals surface area contributed by atoms with Crippen molar-refractivity contribution in [3.8, 4) is 22.9 Å². The Balaban J connectivity index is 2.24. The summed E-state index contributed by atoms with van der Waals surface area (Å²) >= 11 is 0. The molecule has 19 heavy (non-hydrogen) atoms. The monoisotopic (exact) mass is 246 g/mol. The van der Waals surface area contributed by atoms with Gasteiger partial charge in [-0.2, -0.15) is 5.26 Å². The van der Waals surface area contributed by atoms with Crippen LogP contribution in [0.1, 0.15) is 5.56 Å². The van der Waals surface area contributed by atoms with Crippen molar-refractivity contribution in [3.63, 3.8) is 0 Å². The summed E-state index contributed by atoms with van der Waals surface area (Å²) in [6.45, 7) is 0. The van der Waals surface area contributed by atoms with Gasteiger partial charge in [-0.25, -0.2) is 4.98 Å². The largest absolute Gasteiger partial charge is 0.306 e. The molecule has 0 aliphatic heterocycles. The normalized spacial score (nSPS) is 10.1. The number of pyridine rings is 1. The molecule has 0 spiro atoms. The van der Waals surface area contributed by atoms with Gasteiger partial charge < -0.3 is 4.57 Å². The standard InChI is InChI=1S/C15H10N4/c16-10-12-1-2-15(19-8-7-18-11-19)14(9-12)13-3-5-17-6-4-13/h1-9,11H. The van der Waals surface area contributed by atoms with E-state index in [4.69, 9.17) is 5.26 Å². The van der Waals surface area contributed by atoms with Crippen LogP contribution in [0.4, 0.5) is 0 Å². The molecule has 0 saturated carbocycles. The zero-order valence-electron chi connectivity index (χ0n) is 10.1.